The van der Waals surface area contributed by atoms with Crippen LogP contribution in [0.5, 0.6) is 0 Å². The summed E-state index contributed by atoms with van der Waals surface area (Å²) in [5.74, 6) is -20.9. The molecule has 0 aromatic heterocycles. The molecule has 180 valence electrons. The molecule has 0 aliphatic heterocycles. The molecule has 32 heavy (non-hydrogen) atoms. The molecule has 16 nitrogen and oxygen atoms in total. The van der Waals surface area contributed by atoms with Crippen molar-refractivity contribution in [3.63, 3.8) is 0 Å². The number of aliphatic carboxylic acids is 8. The Kier molecular flexibility index (Phi) is 10.5. The third-order valence-corrected chi connectivity index (χ3v) is 4.48. The molecule has 0 rings (SSSR count). The molecule has 8 N–H and O–H groups in total. The smallest absolute Gasteiger partial charge is 0.333 e. The van der Waals surface area contributed by atoms with Gasteiger partial charge in [0.05, 0.1) is 11.8 Å². The molecule has 0 saturated heterocycles. The molecule has 0 aliphatic rings. The molecule has 0 fully saturated rings. The van der Waals surface area contributed by atoms with E-state index in [1.807, 2.05) is 0 Å². The van der Waals surface area contributed by atoms with Gasteiger partial charge in [0.15, 0.2) is 0 Å². The van der Waals surface area contributed by atoms with Gasteiger partial charge in [-0.15, -0.1) is 0 Å². The zero-order chi connectivity index (χ0) is 26.2. The molecule has 2 unspecified atom stereocenters. The monoisotopic (exact) mass is 468 g/mol. The van der Waals surface area contributed by atoms with Crippen LogP contribution in [0, 0.1) is 22.7 Å². The SMILES string of the molecule is CCC(C(=O)O)C(C(=O)O)(C(=O)O)C(=O)O.CCC(C(=O)O)C(C(=O)O)(C(=O)O)C(=O)O. The van der Waals surface area contributed by atoms with Crippen LogP contribution < -0.4 is 0 Å². The van der Waals surface area contributed by atoms with E-state index in [0.29, 0.717) is 0 Å². The molecule has 0 saturated carbocycles. The second kappa shape index (κ2) is 11.2. The Bertz CT molecular complexity index is 684. The molecule has 0 radical (unpaired) electrons. The van der Waals surface area contributed by atoms with Crippen molar-refractivity contribution in [2.45, 2.75) is 26.7 Å². The summed E-state index contributed by atoms with van der Waals surface area (Å²) in [5, 5.41) is 69.5. The first-order chi connectivity index (χ1) is 14.4. The van der Waals surface area contributed by atoms with Gasteiger partial charge in [0.1, 0.15) is 0 Å². The number of carboxylic acid groups (broad SMARTS) is 8. The average molecular weight is 468 g/mol. The molecular weight excluding hydrogens is 448 g/mol. The van der Waals surface area contributed by atoms with Crippen LogP contribution in [-0.2, 0) is 38.4 Å². The van der Waals surface area contributed by atoms with E-state index in [4.69, 9.17) is 40.9 Å². The van der Waals surface area contributed by atoms with Crippen LogP contribution in [-0.4, -0.2) is 88.6 Å². The number of hydrogen-bond donors (Lipinski definition) is 8. The maximum absolute atomic E-state index is 10.8. The van der Waals surface area contributed by atoms with E-state index >= 15 is 0 Å². The average Bonchev–Trinajstić information content (AvgIpc) is 2.61. The van der Waals surface area contributed by atoms with Gasteiger partial charge in [-0.2, -0.15) is 0 Å². The van der Waals surface area contributed by atoms with Gasteiger partial charge >= 0.3 is 47.8 Å². The van der Waals surface area contributed by atoms with Gasteiger partial charge in [0.25, 0.3) is 10.8 Å². The molecular formula is C16H20O16. The molecule has 16 heteroatoms. The Hall–Kier alpha value is -4.24. The first-order valence-corrected chi connectivity index (χ1v) is 8.31. The highest BCUT2D eigenvalue weighted by Crippen LogP contribution is 2.33. The molecule has 0 aliphatic carbocycles. The van der Waals surface area contributed by atoms with Crippen LogP contribution in [0.1, 0.15) is 26.7 Å². The molecule has 0 amide bonds. The van der Waals surface area contributed by atoms with Crippen LogP contribution >= 0.6 is 0 Å². The van der Waals surface area contributed by atoms with Gasteiger partial charge in [-0.25, -0.2) is 0 Å². The topological polar surface area (TPSA) is 298 Å². The van der Waals surface area contributed by atoms with Crippen molar-refractivity contribution in [2.75, 3.05) is 0 Å². The Morgan fingerprint density at radius 2 is 0.625 bits per heavy atom. The maximum Gasteiger partial charge on any atom is 0.333 e. The van der Waals surface area contributed by atoms with Gasteiger partial charge in [-0.3, -0.25) is 38.4 Å². The van der Waals surface area contributed by atoms with Crippen molar-refractivity contribution in [2.24, 2.45) is 22.7 Å². The minimum absolute atomic E-state index is 0.430. The lowest BCUT2D eigenvalue weighted by Crippen LogP contribution is -2.54. The van der Waals surface area contributed by atoms with Crippen molar-refractivity contribution in [3.8, 4) is 0 Å². The highest BCUT2D eigenvalue weighted by Gasteiger charge is 2.63. The van der Waals surface area contributed by atoms with E-state index in [1.54, 1.807) is 0 Å². The second-order valence-electron chi connectivity index (χ2n) is 6.05. The fraction of sp³-hybridized carbons (Fsp3) is 0.500. The summed E-state index contributed by atoms with van der Waals surface area (Å²) in [4.78, 5) is 86.1. The summed E-state index contributed by atoms with van der Waals surface area (Å²) >= 11 is 0. The van der Waals surface area contributed by atoms with Crippen LogP contribution in [0.15, 0.2) is 0 Å². The summed E-state index contributed by atoms with van der Waals surface area (Å²) in [6, 6.07) is 0. The molecule has 0 bridgehead atoms. The fourth-order valence-corrected chi connectivity index (χ4v) is 2.78. The molecule has 2 atom stereocenters. The van der Waals surface area contributed by atoms with Gasteiger partial charge < -0.3 is 40.9 Å². The van der Waals surface area contributed by atoms with Crippen molar-refractivity contribution in [1.29, 1.82) is 0 Å². The zero-order valence-corrected chi connectivity index (χ0v) is 16.4. The van der Waals surface area contributed by atoms with Gasteiger partial charge in [-0.1, -0.05) is 13.8 Å². The summed E-state index contributed by atoms with van der Waals surface area (Å²) in [6.07, 6.45) is -0.861. The summed E-state index contributed by atoms with van der Waals surface area (Å²) in [6.45, 7) is 2.39. The predicted octanol–water partition coefficient (Wildman–Crippen LogP) is -1.33. The van der Waals surface area contributed by atoms with Gasteiger partial charge in [0, 0.05) is 0 Å². The van der Waals surface area contributed by atoms with E-state index in [9.17, 15) is 38.4 Å². The Balaban J connectivity index is 0. The molecule has 0 spiro atoms. The number of carbonyl (C=O) groups is 8. The third-order valence-electron chi connectivity index (χ3n) is 4.48. The first-order valence-electron chi connectivity index (χ1n) is 8.31. The van der Waals surface area contributed by atoms with E-state index in [0.717, 1.165) is 0 Å². The Morgan fingerprint density at radius 3 is 0.656 bits per heavy atom. The van der Waals surface area contributed by atoms with Crippen LogP contribution in [0.25, 0.3) is 0 Å². The highest BCUT2D eigenvalue weighted by molar-refractivity contribution is 6.19. The standard InChI is InChI=1S/2C8H10O8/c2*1-2-3(4(9)10)8(5(11)12,6(13)14)7(15)16/h2*3H,2H2,1H3,(H,9,10)(H,11,12)(H,13,14)(H,15,16). The van der Waals surface area contributed by atoms with Crippen LogP contribution in [0.4, 0.5) is 0 Å². The number of carboxylic acids is 8. The third kappa shape index (κ3) is 5.08. The minimum Gasteiger partial charge on any atom is -0.481 e. The lowest BCUT2D eigenvalue weighted by Gasteiger charge is -2.25. The van der Waals surface area contributed by atoms with Crippen molar-refractivity contribution < 1.29 is 79.2 Å². The van der Waals surface area contributed by atoms with Crippen molar-refractivity contribution in [3.05, 3.63) is 0 Å². The van der Waals surface area contributed by atoms with Crippen molar-refractivity contribution in [1.82, 2.24) is 0 Å². The van der Waals surface area contributed by atoms with E-state index in [-0.39, 0.29) is 0 Å². The lowest BCUT2D eigenvalue weighted by molar-refractivity contribution is -0.187. The zero-order valence-electron chi connectivity index (χ0n) is 16.4. The largest absolute Gasteiger partial charge is 0.481 e. The second-order valence-corrected chi connectivity index (χ2v) is 6.05. The minimum atomic E-state index is -3.36. The van der Waals surface area contributed by atoms with E-state index in [2.05, 4.69) is 0 Å². The first kappa shape index (κ1) is 30.0. The Labute approximate surface area is 177 Å². The number of hydrogen-bond acceptors (Lipinski definition) is 8. The van der Waals surface area contributed by atoms with Gasteiger partial charge in [0.2, 0.25) is 0 Å². The Morgan fingerprint density at radius 1 is 0.469 bits per heavy atom. The molecule has 0 heterocycles. The van der Waals surface area contributed by atoms with Gasteiger partial charge in [-0.05, 0) is 12.8 Å². The summed E-state index contributed by atoms with van der Waals surface area (Å²) in [5.41, 5.74) is -6.72. The summed E-state index contributed by atoms with van der Waals surface area (Å²) < 4.78 is 0. The number of rotatable bonds is 12. The molecule has 0 aromatic rings. The van der Waals surface area contributed by atoms with Crippen LogP contribution in [0.2, 0.25) is 0 Å². The maximum atomic E-state index is 10.8. The lowest BCUT2D eigenvalue weighted by atomic mass is 9.74. The summed E-state index contributed by atoms with van der Waals surface area (Å²) in [7, 11) is 0. The van der Waals surface area contributed by atoms with Crippen molar-refractivity contribution >= 4 is 47.8 Å². The molecule has 0 aromatic carbocycles. The predicted molar refractivity (Wildman–Crippen MR) is 93.5 cm³/mol. The normalized spacial score (nSPS) is 12.8. The van der Waals surface area contributed by atoms with E-state index < -0.39 is 83.3 Å². The highest BCUT2D eigenvalue weighted by atomic mass is 16.4. The fourth-order valence-electron chi connectivity index (χ4n) is 2.78. The van der Waals surface area contributed by atoms with Crippen LogP contribution in [0.3, 0.4) is 0 Å². The van der Waals surface area contributed by atoms with E-state index in [1.165, 1.54) is 13.8 Å². The quantitative estimate of drug-likeness (QED) is 0.154.